The Bertz CT molecular complexity index is 158. The van der Waals surface area contributed by atoms with Crippen LogP contribution in [0.4, 0.5) is 0 Å². The molecule has 0 aromatic rings. The van der Waals surface area contributed by atoms with E-state index in [0.29, 0.717) is 6.04 Å². The second-order valence-electron chi connectivity index (χ2n) is 3.82. The summed E-state index contributed by atoms with van der Waals surface area (Å²) in [6.45, 7) is 2.88. The Morgan fingerprint density at radius 2 is 2.45 bits per heavy atom. The Labute approximate surface area is 67.4 Å². The van der Waals surface area contributed by atoms with Gasteiger partial charge in [0.2, 0.25) is 0 Å². The van der Waals surface area contributed by atoms with Gasteiger partial charge in [0, 0.05) is 19.1 Å². The molecule has 0 bridgehead atoms. The van der Waals surface area contributed by atoms with Gasteiger partial charge in [0.1, 0.15) is 0 Å². The van der Waals surface area contributed by atoms with E-state index in [1.807, 2.05) is 0 Å². The smallest absolute Gasteiger partial charge is 0.0938 e. The molecule has 0 radical (unpaired) electrons. The van der Waals surface area contributed by atoms with Gasteiger partial charge < -0.3 is 15.3 Å². The van der Waals surface area contributed by atoms with Crippen molar-refractivity contribution in [1.82, 2.24) is 10.2 Å². The SMILES string of the molecule is CN1CC[C@@]2(O)CNCC[C@@H]12. The lowest BCUT2D eigenvalue weighted by atomic mass is 9.89. The molecule has 0 unspecified atom stereocenters. The summed E-state index contributed by atoms with van der Waals surface area (Å²) in [5, 5.41) is 13.3. The molecular formula is C8H16N2O. The molecule has 0 saturated carbocycles. The fourth-order valence-corrected chi connectivity index (χ4v) is 2.34. The van der Waals surface area contributed by atoms with Crippen LogP contribution in [-0.2, 0) is 0 Å². The third-order valence-electron chi connectivity index (χ3n) is 3.08. The van der Waals surface area contributed by atoms with E-state index >= 15 is 0 Å². The number of piperidine rings is 1. The maximum absolute atomic E-state index is 10.1. The number of fused-ring (bicyclic) bond motifs is 1. The summed E-state index contributed by atoms with van der Waals surface area (Å²) in [4.78, 5) is 2.28. The monoisotopic (exact) mass is 156 g/mol. The summed E-state index contributed by atoms with van der Waals surface area (Å²) in [5.74, 6) is 0. The summed E-state index contributed by atoms with van der Waals surface area (Å²) >= 11 is 0. The van der Waals surface area contributed by atoms with Gasteiger partial charge in [0.25, 0.3) is 0 Å². The minimum absolute atomic E-state index is 0.406. The van der Waals surface area contributed by atoms with E-state index in [1.165, 1.54) is 0 Å². The third-order valence-corrected chi connectivity index (χ3v) is 3.08. The van der Waals surface area contributed by atoms with E-state index in [1.54, 1.807) is 0 Å². The van der Waals surface area contributed by atoms with Crippen LogP contribution in [0.3, 0.4) is 0 Å². The molecule has 2 atom stereocenters. The molecule has 2 aliphatic heterocycles. The fraction of sp³-hybridized carbons (Fsp3) is 1.00. The van der Waals surface area contributed by atoms with E-state index in [0.717, 1.165) is 32.5 Å². The number of rotatable bonds is 0. The van der Waals surface area contributed by atoms with Crippen molar-refractivity contribution in [3.05, 3.63) is 0 Å². The van der Waals surface area contributed by atoms with Gasteiger partial charge in [-0.3, -0.25) is 0 Å². The second kappa shape index (κ2) is 2.44. The first kappa shape index (κ1) is 7.53. The third kappa shape index (κ3) is 1.08. The number of likely N-dealkylation sites (N-methyl/N-ethyl adjacent to an activating group) is 1. The molecule has 3 nitrogen and oxygen atoms in total. The van der Waals surface area contributed by atoms with Crippen molar-refractivity contribution in [2.75, 3.05) is 26.7 Å². The van der Waals surface area contributed by atoms with Crippen LogP contribution in [0.5, 0.6) is 0 Å². The van der Waals surface area contributed by atoms with E-state index in [4.69, 9.17) is 0 Å². The molecule has 2 N–H and O–H groups in total. The van der Waals surface area contributed by atoms with E-state index in [-0.39, 0.29) is 0 Å². The number of hydrogen-bond acceptors (Lipinski definition) is 3. The van der Waals surface area contributed by atoms with E-state index in [9.17, 15) is 5.11 Å². The number of hydrogen-bond donors (Lipinski definition) is 2. The molecule has 64 valence electrons. The van der Waals surface area contributed by atoms with Crippen molar-refractivity contribution in [2.45, 2.75) is 24.5 Å². The molecule has 0 amide bonds. The number of nitrogens with one attached hydrogen (secondary N) is 1. The van der Waals surface area contributed by atoms with Gasteiger partial charge in [0.05, 0.1) is 5.60 Å². The van der Waals surface area contributed by atoms with Gasteiger partial charge in [-0.1, -0.05) is 0 Å². The van der Waals surface area contributed by atoms with Gasteiger partial charge in [0.15, 0.2) is 0 Å². The van der Waals surface area contributed by atoms with E-state index < -0.39 is 5.60 Å². The lowest BCUT2D eigenvalue weighted by Crippen LogP contribution is -2.55. The summed E-state index contributed by atoms with van der Waals surface area (Å²) in [6, 6.07) is 0.406. The van der Waals surface area contributed by atoms with Crippen molar-refractivity contribution in [2.24, 2.45) is 0 Å². The highest BCUT2D eigenvalue weighted by molar-refractivity contribution is 5.02. The Balaban J connectivity index is 2.14. The van der Waals surface area contributed by atoms with Gasteiger partial charge >= 0.3 is 0 Å². The van der Waals surface area contributed by atoms with Gasteiger partial charge in [-0.05, 0) is 26.4 Å². The van der Waals surface area contributed by atoms with Crippen LogP contribution in [0.2, 0.25) is 0 Å². The zero-order chi connectivity index (χ0) is 7.90. The molecule has 0 aliphatic carbocycles. The normalized spacial score (nSPS) is 45.8. The summed E-state index contributed by atoms with van der Waals surface area (Å²) in [5.41, 5.74) is -0.424. The van der Waals surface area contributed by atoms with Crippen LogP contribution in [0.15, 0.2) is 0 Å². The molecule has 2 aliphatic rings. The van der Waals surface area contributed by atoms with Crippen molar-refractivity contribution >= 4 is 0 Å². The topological polar surface area (TPSA) is 35.5 Å². The largest absolute Gasteiger partial charge is 0.387 e. The first-order valence-corrected chi connectivity index (χ1v) is 4.36. The highest BCUT2D eigenvalue weighted by atomic mass is 16.3. The highest BCUT2D eigenvalue weighted by Crippen LogP contribution is 2.30. The average Bonchev–Trinajstić information content (AvgIpc) is 2.29. The Kier molecular flexibility index (Phi) is 1.67. The number of likely N-dealkylation sites (tertiary alicyclic amines) is 1. The van der Waals surface area contributed by atoms with Crippen LogP contribution in [-0.4, -0.2) is 48.3 Å². The van der Waals surface area contributed by atoms with Crippen molar-refractivity contribution in [3.63, 3.8) is 0 Å². The van der Waals surface area contributed by atoms with Crippen LogP contribution in [0.1, 0.15) is 12.8 Å². The Hall–Kier alpha value is -0.120. The molecule has 0 aromatic heterocycles. The first-order valence-electron chi connectivity index (χ1n) is 4.36. The molecule has 2 fully saturated rings. The molecular weight excluding hydrogens is 140 g/mol. The number of nitrogens with zero attached hydrogens (tertiary/aromatic N) is 1. The first-order chi connectivity index (χ1) is 5.22. The predicted molar refractivity (Wildman–Crippen MR) is 43.5 cm³/mol. The van der Waals surface area contributed by atoms with Crippen molar-refractivity contribution in [3.8, 4) is 0 Å². The Morgan fingerprint density at radius 3 is 3.18 bits per heavy atom. The highest BCUT2D eigenvalue weighted by Gasteiger charge is 2.45. The standard InChI is InChI=1S/C8H16N2O/c1-10-5-3-8(11)6-9-4-2-7(8)10/h7,9,11H,2-6H2,1H3/t7-,8-/m1/s1. The zero-order valence-electron chi connectivity index (χ0n) is 7.01. The molecule has 2 heterocycles. The maximum Gasteiger partial charge on any atom is 0.0938 e. The lowest BCUT2D eigenvalue weighted by molar-refractivity contribution is -0.00907. The molecule has 0 spiro atoms. The molecule has 3 heteroatoms. The maximum atomic E-state index is 10.1. The zero-order valence-corrected chi connectivity index (χ0v) is 7.01. The average molecular weight is 156 g/mol. The van der Waals surface area contributed by atoms with Crippen molar-refractivity contribution in [1.29, 1.82) is 0 Å². The van der Waals surface area contributed by atoms with E-state index in [2.05, 4.69) is 17.3 Å². The quantitative estimate of drug-likeness (QED) is 0.492. The lowest BCUT2D eigenvalue weighted by Gasteiger charge is -2.37. The van der Waals surface area contributed by atoms with Gasteiger partial charge in [-0.2, -0.15) is 0 Å². The summed E-state index contributed by atoms with van der Waals surface area (Å²) in [7, 11) is 2.11. The minimum Gasteiger partial charge on any atom is -0.387 e. The second-order valence-corrected chi connectivity index (χ2v) is 3.82. The number of β-amino-alcohol motifs (C(OH)–C–C–N with tert-alkyl or cyclic N) is 1. The summed E-state index contributed by atoms with van der Waals surface area (Å²) in [6.07, 6.45) is 2.02. The molecule has 0 aromatic carbocycles. The fourth-order valence-electron chi connectivity index (χ4n) is 2.34. The molecule has 2 saturated heterocycles. The molecule has 11 heavy (non-hydrogen) atoms. The summed E-state index contributed by atoms with van der Waals surface area (Å²) < 4.78 is 0. The predicted octanol–water partition coefficient (Wildman–Crippen LogP) is -0.585. The minimum atomic E-state index is -0.424. The van der Waals surface area contributed by atoms with Crippen LogP contribution in [0, 0.1) is 0 Å². The van der Waals surface area contributed by atoms with Crippen LogP contribution in [0.25, 0.3) is 0 Å². The molecule has 2 rings (SSSR count). The number of aliphatic hydroxyl groups is 1. The van der Waals surface area contributed by atoms with Gasteiger partial charge in [-0.15, -0.1) is 0 Å². The van der Waals surface area contributed by atoms with Crippen molar-refractivity contribution < 1.29 is 5.11 Å². The van der Waals surface area contributed by atoms with Crippen LogP contribution < -0.4 is 5.32 Å². The van der Waals surface area contributed by atoms with Gasteiger partial charge in [-0.25, -0.2) is 0 Å². The van der Waals surface area contributed by atoms with Crippen LogP contribution >= 0.6 is 0 Å². The Morgan fingerprint density at radius 1 is 1.64 bits per heavy atom.